The first-order valence-corrected chi connectivity index (χ1v) is 9.64. The molecule has 3 aromatic carbocycles. The zero-order valence-corrected chi connectivity index (χ0v) is 14.9. The summed E-state index contributed by atoms with van der Waals surface area (Å²) in [5.74, 6) is -0.424. The highest BCUT2D eigenvalue weighted by Crippen LogP contribution is 2.29. The fourth-order valence-electron chi connectivity index (χ4n) is 2.72. The second-order valence-electron chi connectivity index (χ2n) is 6.04. The van der Waals surface area contributed by atoms with Crippen LogP contribution in [0.5, 0.6) is 0 Å². The molecule has 3 aromatic rings. The molecule has 26 heavy (non-hydrogen) atoms. The first kappa shape index (κ1) is 17.8. The van der Waals surface area contributed by atoms with Crippen LogP contribution in [0.15, 0.2) is 77.7 Å². The summed E-state index contributed by atoms with van der Waals surface area (Å²) in [5.41, 5.74) is 2.54. The summed E-state index contributed by atoms with van der Waals surface area (Å²) in [6.07, 6.45) is 0. The van der Waals surface area contributed by atoms with Crippen molar-refractivity contribution in [3.05, 3.63) is 94.0 Å². The summed E-state index contributed by atoms with van der Waals surface area (Å²) in [6.45, 7) is 1.87. The minimum Gasteiger partial charge on any atom is -0.258 e. The van der Waals surface area contributed by atoms with Crippen molar-refractivity contribution >= 4 is 15.5 Å². The molecule has 0 saturated heterocycles. The quantitative estimate of drug-likeness (QED) is 0.490. The summed E-state index contributed by atoms with van der Waals surface area (Å²) in [6, 6.07) is 20.4. The van der Waals surface area contributed by atoms with Gasteiger partial charge >= 0.3 is 0 Å². The Labute approximate surface area is 152 Å². The average molecular weight is 367 g/mol. The van der Waals surface area contributed by atoms with Gasteiger partial charge in [-0.05, 0) is 42.3 Å². The van der Waals surface area contributed by atoms with Crippen LogP contribution in [0.25, 0.3) is 11.1 Å². The van der Waals surface area contributed by atoms with Crippen LogP contribution >= 0.6 is 0 Å². The number of hydrogen-bond donors (Lipinski definition) is 0. The van der Waals surface area contributed by atoms with E-state index in [0.29, 0.717) is 0 Å². The summed E-state index contributed by atoms with van der Waals surface area (Å²) >= 11 is 0. The molecule has 0 unspecified atom stereocenters. The molecule has 0 N–H and O–H groups in total. The maximum absolute atomic E-state index is 12.7. The van der Waals surface area contributed by atoms with Gasteiger partial charge in [0.25, 0.3) is 5.69 Å². The van der Waals surface area contributed by atoms with Crippen LogP contribution in [-0.2, 0) is 15.6 Å². The van der Waals surface area contributed by atoms with Crippen LogP contribution in [0, 0.1) is 17.0 Å². The van der Waals surface area contributed by atoms with Gasteiger partial charge in [-0.25, -0.2) is 8.42 Å². The first-order chi connectivity index (χ1) is 12.4. The van der Waals surface area contributed by atoms with Gasteiger partial charge in [-0.2, -0.15) is 0 Å². The van der Waals surface area contributed by atoms with Gasteiger partial charge in [-0.3, -0.25) is 10.1 Å². The molecular formula is C20H17NO4S. The van der Waals surface area contributed by atoms with Crippen molar-refractivity contribution in [1.82, 2.24) is 0 Å². The third-order valence-corrected chi connectivity index (χ3v) is 5.79. The topological polar surface area (TPSA) is 77.3 Å². The molecule has 0 radical (unpaired) electrons. The second-order valence-corrected chi connectivity index (χ2v) is 8.03. The molecule has 3 rings (SSSR count). The van der Waals surface area contributed by atoms with Crippen molar-refractivity contribution in [1.29, 1.82) is 0 Å². The summed E-state index contributed by atoms with van der Waals surface area (Å²) in [4.78, 5) is 11.0. The Morgan fingerprint density at radius 1 is 0.885 bits per heavy atom. The number of nitrogens with zero attached hydrogens (tertiary/aromatic N) is 1. The van der Waals surface area contributed by atoms with Gasteiger partial charge in [0.15, 0.2) is 9.84 Å². The van der Waals surface area contributed by atoms with Crippen LogP contribution in [-0.4, -0.2) is 13.3 Å². The highest BCUT2D eigenvalue weighted by atomic mass is 32.2. The third-order valence-electron chi connectivity index (χ3n) is 4.11. The van der Waals surface area contributed by atoms with Crippen molar-refractivity contribution in [2.45, 2.75) is 17.6 Å². The predicted octanol–water partition coefficient (Wildman–Crippen LogP) is 4.54. The molecule has 0 aliphatic rings. The fourth-order valence-corrected chi connectivity index (χ4v) is 4.08. The van der Waals surface area contributed by atoms with E-state index in [0.717, 1.165) is 16.7 Å². The van der Waals surface area contributed by atoms with Crippen LogP contribution in [0.1, 0.15) is 11.1 Å². The Balaban J connectivity index is 2.04. The van der Waals surface area contributed by atoms with Crippen LogP contribution in [0.4, 0.5) is 5.69 Å². The van der Waals surface area contributed by atoms with E-state index in [1.165, 1.54) is 18.2 Å². The van der Waals surface area contributed by atoms with E-state index in [9.17, 15) is 18.5 Å². The molecule has 0 saturated carbocycles. The molecule has 0 heterocycles. The van der Waals surface area contributed by atoms with Crippen molar-refractivity contribution < 1.29 is 13.3 Å². The first-order valence-electron chi connectivity index (χ1n) is 7.99. The number of rotatable bonds is 5. The van der Waals surface area contributed by atoms with Gasteiger partial charge in [-0.1, -0.05) is 48.0 Å². The number of nitro groups is 1. The lowest BCUT2D eigenvalue weighted by molar-refractivity contribution is -0.385. The second kappa shape index (κ2) is 7.09. The maximum Gasteiger partial charge on any atom is 0.273 e. The third kappa shape index (κ3) is 3.81. The van der Waals surface area contributed by atoms with Gasteiger partial charge < -0.3 is 0 Å². The predicted molar refractivity (Wildman–Crippen MR) is 101 cm³/mol. The highest BCUT2D eigenvalue weighted by molar-refractivity contribution is 7.90. The van der Waals surface area contributed by atoms with Gasteiger partial charge in [0.2, 0.25) is 0 Å². The highest BCUT2D eigenvalue weighted by Gasteiger charge is 2.22. The SMILES string of the molecule is Cc1ccc(S(=O)(=O)Cc2cc(-c3ccccc3)ccc2[N+](=O)[O-])cc1. The number of hydrogen-bond acceptors (Lipinski definition) is 4. The smallest absolute Gasteiger partial charge is 0.258 e. The molecule has 0 atom stereocenters. The lowest BCUT2D eigenvalue weighted by Gasteiger charge is -2.09. The molecule has 0 bridgehead atoms. The molecule has 6 heteroatoms. The Bertz CT molecular complexity index is 1040. The van der Waals surface area contributed by atoms with Crippen molar-refractivity contribution in [2.24, 2.45) is 0 Å². The van der Waals surface area contributed by atoms with Crippen LogP contribution in [0.3, 0.4) is 0 Å². The fraction of sp³-hybridized carbons (Fsp3) is 0.100. The van der Waals surface area contributed by atoms with Crippen molar-refractivity contribution in [3.63, 3.8) is 0 Å². The largest absolute Gasteiger partial charge is 0.273 e. The Morgan fingerprint density at radius 3 is 2.15 bits per heavy atom. The molecule has 0 spiro atoms. The molecule has 5 nitrogen and oxygen atoms in total. The lowest BCUT2D eigenvalue weighted by Crippen LogP contribution is -2.07. The minimum atomic E-state index is -3.69. The normalized spacial score (nSPS) is 11.3. The van der Waals surface area contributed by atoms with Crippen LogP contribution in [0.2, 0.25) is 0 Å². The van der Waals surface area contributed by atoms with Gasteiger partial charge in [0.1, 0.15) is 0 Å². The van der Waals surface area contributed by atoms with E-state index in [1.807, 2.05) is 37.3 Å². The molecule has 0 aromatic heterocycles. The van der Waals surface area contributed by atoms with E-state index in [-0.39, 0.29) is 16.1 Å². The summed E-state index contributed by atoms with van der Waals surface area (Å²) in [7, 11) is -3.69. The van der Waals surface area contributed by atoms with Crippen molar-refractivity contribution in [3.8, 4) is 11.1 Å². The van der Waals surface area contributed by atoms with Gasteiger partial charge in [-0.15, -0.1) is 0 Å². The van der Waals surface area contributed by atoms with Crippen LogP contribution < -0.4 is 0 Å². The molecule has 0 amide bonds. The summed E-state index contributed by atoms with van der Waals surface area (Å²) in [5, 5.41) is 11.3. The Kier molecular flexibility index (Phi) is 4.86. The molecule has 0 aliphatic carbocycles. The van der Waals surface area contributed by atoms with E-state index in [4.69, 9.17) is 0 Å². The van der Waals surface area contributed by atoms with E-state index >= 15 is 0 Å². The van der Waals surface area contributed by atoms with E-state index in [1.54, 1.807) is 24.3 Å². The van der Waals surface area contributed by atoms with Gasteiger partial charge in [0.05, 0.1) is 15.6 Å². The van der Waals surface area contributed by atoms with Crippen molar-refractivity contribution in [2.75, 3.05) is 0 Å². The lowest BCUT2D eigenvalue weighted by atomic mass is 10.0. The summed E-state index contributed by atoms with van der Waals surface area (Å²) < 4.78 is 25.4. The number of benzene rings is 3. The molecule has 0 fully saturated rings. The Morgan fingerprint density at radius 2 is 1.54 bits per heavy atom. The maximum atomic E-state index is 12.7. The average Bonchev–Trinajstić information content (AvgIpc) is 2.62. The Hall–Kier alpha value is -2.99. The molecule has 0 aliphatic heterocycles. The zero-order chi connectivity index (χ0) is 18.7. The number of sulfone groups is 1. The number of nitro benzene ring substituents is 1. The monoisotopic (exact) mass is 367 g/mol. The minimum absolute atomic E-state index is 0.155. The molecule has 132 valence electrons. The molecular weight excluding hydrogens is 350 g/mol. The number of aryl methyl sites for hydroxylation is 1. The van der Waals surface area contributed by atoms with E-state index in [2.05, 4.69) is 0 Å². The standard InChI is InChI=1S/C20H17NO4S/c1-15-7-10-19(11-8-15)26(24,25)14-18-13-17(9-12-20(18)21(22)23)16-5-3-2-4-6-16/h2-13H,14H2,1H3. The zero-order valence-electron chi connectivity index (χ0n) is 14.1. The van der Waals surface area contributed by atoms with Gasteiger partial charge in [0, 0.05) is 11.6 Å². The van der Waals surface area contributed by atoms with E-state index < -0.39 is 20.5 Å².